The van der Waals surface area contributed by atoms with E-state index in [1.54, 1.807) is 12.1 Å². The van der Waals surface area contributed by atoms with E-state index in [-0.39, 0.29) is 29.6 Å². The number of amides is 1. The van der Waals surface area contributed by atoms with Gasteiger partial charge in [0.1, 0.15) is 9.84 Å². The van der Waals surface area contributed by atoms with Gasteiger partial charge in [-0.1, -0.05) is 12.1 Å². The molecule has 0 saturated carbocycles. The number of carbonyl (C=O) groups excluding carboxylic acids is 1. The molecule has 0 aromatic heterocycles. The van der Waals surface area contributed by atoms with E-state index < -0.39 is 20.6 Å². The minimum Gasteiger partial charge on any atom is -0.326 e. The molecule has 6 nitrogen and oxygen atoms in total. The van der Waals surface area contributed by atoms with Crippen molar-refractivity contribution in [1.29, 1.82) is 0 Å². The smallest absolute Gasteiger partial charge is 0.225 e. The van der Waals surface area contributed by atoms with E-state index in [9.17, 15) is 17.4 Å². The molecule has 1 amide bonds. The summed E-state index contributed by atoms with van der Waals surface area (Å²) >= 11 is 0. The maximum absolute atomic E-state index is 11.7. The quantitative estimate of drug-likeness (QED) is 0.710. The van der Waals surface area contributed by atoms with Gasteiger partial charge in [0.05, 0.1) is 5.75 Å². The lowest BCUT2D eigenvalue weighted by atomic mass is 10.2. The summed E-state index contributed by atoms with van der Waals surface area (Å²) in [6, 6.07) is 7.14. The zero-order valence-electron chi connectivity index (χ0n) is 11.9. The summed E-state index contributed by atoms with van der Waals surface area (Å²) in [5.41, 5.74) is 7.10. The highest BCUT2D eigenvalue weighted by atomic mass is 32.2. The van der Waals surface area contributed by atoms with Crippen LogP contribution in [-0.2, 0) is 32.0 Å². The first-order valence-electron chi connectivity index (χ1n) is 6.42. The summed E-state index contributed by atoms with van der Waals surface area (Å²) < 4.78 is 33.5. The van der Waals surface area contributed by atoms with Crippen molar-refractivity contribution < 1.29 is 17.4 Å². The molecule has 3 N–H and O–H groups in total. The Labute approximate surface area is 127 Å². The first-order valence-corrected chi connectivity index (χ1v) is 9.96. The molecule has 8 heteroatoms. The number of hydrogen-bond donors (Lipinski definition) is 2. The molecule has 1 atom stereocenters. The molecule has 0 radical (unpaired) electrons. The molecule has 1 unspecified atom stereocenters. The number of carbonyl (C=O) groups is 1. The van der Waals surface area contributed by atoms with Gasteiger partial charge in [-0.3, -0.25) is 9.00 Å². The number of hydrogen-bond acceptors (Lipinski definition) is 5. The number of rotatable bonds is 8. The lowest BCUT2D eigenvalue weighted by Gasteiger charge is -2.06. The van der Waals surface area contributed by atoms with Crippen LogP contribution in [0.4, 0.5) is 5.69 Å². The summed E-state index contributed by atoms with van der Waals surface area (Å²) in [4.78, 5) is 11.7. The Morgan fingerprint density at radius 1 is 1.24 bits per heavy atom. The van der Waals surface area contributed by atoms with Gasteiger partial charge in [0, 0.05) is 47.2 Å². The lowest BCUT2D eigenvalue weighted by Crippen LogP contribution is -2.18. The van der Waals surface area contributed by atoms with Gasteiger partial charge in [0.15, 0.2) is 0 Å². The summed E-state index contributed by atoms with van der Waals surface area (Å²) in [5, 5.41) is 2.69. The highest BCUT2D eigenvalue weighted by molar-refractivity contribution is 7.92. The van der Waals surface area contributed by atoms with Crippen LogP contribution in [0.5, 0.6) is 0 Å². The number of nitrogens with one attached hydrogen (secondary N) is 1. The molecule has 0 heterocycles. The molecule has 0 saturated heterocycles. The topological polar surface area (TPSA) is 106 Å². The van der Waals surface area contributed by atoms with Crippen molar-refractivity contribution in [2.75, 3.05) is 28.8 Å². The maximum atomic E-state index is 11.7. The second-order valence-corrected chi connectivity index (χ2v) is 8.63. The number of anilines is 1. The molecule has 0 bridgehead atoms. The average molecular weight is 332 g/mol. The molecule has 21 heavy (non-hydrogen) atoms. The third kappa shape index (κ3) is 7.93. The van der Waals surface area contributed by atoms with Crippen LogP contribution in [0.3, 0.4) is 0 Å². The van der Waals surface area contributed by atoms with Crippen LogP contribution < -0.4 is 11.1 Å². The number of nitrogens with two attached hydrogens (primary N) is 1. The highest BCUT2D eigenvalue weighted by Crippen LogP contribution is 2.09. The normalized spacial score (nSPS) is 12.9. The van der Waals surface area contributed by atoms with E-state index in [0.29, 0.717) is 12.2 Å². The third-order valence-corrected chi connectivity index (χ3v) is 5.24. The van der Waals surface area contributed by atoms with Gasteiger partial charge < -0.3 is 11.1 Å². The summed E-state index contributed by atoms with van der Waals surface area (Å²) in [6.45, 7) is 0.438. The second-order valence-electron chi connectivity index (χ2n) is 4.68. The van der Waals surface area contributed by atoms with Crippen molar-refractivity contribution in [2.45, 2.75) is 13.0 Å². The van der Waals surface area contributed by atoms with E-state index >= 15 is 0 Å². The van der Waals surface area contributed by atoms with E-state index in [1.807, 2.05) is 12.1 Å². The van der Waals surface area contributed by atoms with Gasteiger partial charge >= 0.3 is 0 Å². The predicted molar refractivity (Wildman–Crippen MR) is 85.2 cm³/mol. The van der Waals surface area contributed by atoms with Crippen LogP contribution in [0.2, 0.25) is 0 Å². The van der Waals surface area contributed by atoms with Crippen LogP contribution in [0.1, 0.15) is 12.0 Å². The SMILES string of the molecule is CS(=O)(=O)CCS(=O)CCC(=O)Nc1ccc(CN)cc1. The largest absolute Gasteiger partial charge is 0.326 e. The van der Waals surface area contributed by atoms with Crippen molar-refractivity contribution >= 4 is 32.2 Å². The Balaban J connectivity index is 2.34. The van der Waals surface area contributed by atoms with E-state index in [4.69, 9.17) is 5.73 Å². The molecule has 0 fully saturated rings. The van der Waals surface area contributed by atoms with Gasteiger partial charge in [-0.25, -0.2) is 8.42 Å². The fourth-order valence-electron chi connectivity index (χ4n) is 1.50. The molecule has 118 valence electrons. The van der Waals surface area contributed by atoms with Crippen LogP contribution >= 0.6 is 0 Å². The molecular formula is C13H20N2O4S2. The van der Waals surface area contributed by atoms with Crippen LogP contribution in [-0.4, -0.2) is 42.0 Å². The maximum Gasteiger partial charge on any atom is 0.225 e. The monoisotopic (exact) mass is 332 g/mol. The van der Waals surface area contributed by atoms with Gasteiger partial charge in [0.2, 0.25) is 5.91 Å². The Morgan fingerprint density at radius 2 is 1.86 bits per heavy atom. The minimum atomic E-state index is -3.12. The first-order chi connectivity index (χ1) is 9.80. The fraction of sp³-hybridized carbons (Fsp3) is 0.462. The number of sulfone groups is 1. The van der Waals surface area contributed by atoms with Crippen molar-refractivity contribution in [1.82, 2.24) is 0 Å². The third-order valence-electron chi connectivity index (χ3n) is 2.71. The molecular weight excluding hydrogens is 312 g/mol. The average Bonchev–Trinajstić information content (AvgIpc) is 2.43. The van der Waals surface area contributed by atoms with E-state index in [0.717, 1.165) is 11.8 Å². The van der Waals surface area contributed by atoms with Crippen molar-refractivity contribution in [3.8, 4) is 0 Å². The molecule has 0 aliphatic carbocycles. The summed E-state index contributed by atoms with van der Waals surface area (Å²) in [6.07, 6.45) is 1.19. The molecule has 1 aromatic rings. The van der Waals surface area contributed by atoms with Gasteiger partial charge in [-0.2, -0.15) is 0 Å². The first kappa shape index (κ1) is 17.8. The molecule has 0 aliphatic heterocycles. The van der Waals surface area contributed by atoms with Gasteiger partial charge in [-0.05, 0) is 17.7 Å². The highest BCUT2D eigenvalue weighted by Gasteiger charge is 2.09. The second kappa shape index (κ2) is 8.26. The Morgan fingerprint density at radius 3 is 2.38 bits per heavy atom. The Bertz CT molecular complexity index is 597. The van der Waals surface area contributed by atoms with Gasteiger partial charge in [-0.15, -0.1) is 0 Å². The summed E-state index contributed by atoms with van der Waals surface area (Å²) in [7, 11) is -4.42. The van der Waals surface area contributed by atoms with Crippen molar-refractivity contribution in [2.24, 2.45) is 5.73 Å². The standard InChI is InChI=1S/C13H20N2O4S2/c1-21(18,19)9-8-20(17)7-6-13(16)15-12-4-2-11(10-14)3-5-12/h2-5H,6-10,14H2,1H3,(H,15,16). The van der Waals surface area contributed by atoms with E-state index in [2.05, 4.69) is 5.32 Å². The zero-order chi connectivity index (χ0) is 15.9. The molecule has 0 spiro atoms. The number of benzene rings is 1. The van der Waals surface area contributed by atoms with Crippen LogP contribution in [0.25, 0.3) is 0 Å². The molecule has 1 aromatic carbocycles. The van der Waals surface area contributed by atoms with Crippen LogP contribution in [0, 0.1) is 0 Å². The molecule has 1 rings (SSSR count). The minimum absolute atomic E-state index is 0.0668. The lowest BCUT2D eigenvalue weighted by molar-refractivity contribution is -0.115. The van der Waals surface area contributed by atoms with Crippen LogP contribution in [0.15, 0.2) is 24.3 Å². The van der Waals surface area contributed by atoms with Crippen molar-refractivity contribution in [3.05, 3.63) is 29.8 Å². The summed E-state index contributed by atoms with van der Waals surface area (Å²) in [5.74, 6) is -0.148. The van der Waals surface area contributed by atoms with Crippen molar-refractivity contribution in [3.63, 3.8) is 0 Å². The zero-order valence-corrected chi connectivity index (χ0v) is 13.5. The Hall–Kier alpha value is -1.25. The fourth-order valence-corrected chi connectivity index (χ4v) is 4.07. The van der Waals surface area contributed by atoms with E-state index in [1.165, 1.54) is 0 Å². The molecule has 0 aliphatic rings. The van der Waals surface area contributed by atoms with Gasteiger partial charge in [0.25, 0.3) is 0 Å². The predicted octanol–water partition coefficient (Wildman–Crippen LogP) is 0.267. The Kier molecular flexibility index (Phi) is 7.00.